The Morgan fingerprint density at radius 3 is 1.25 bits per heavy atom. The van der Waals surface area contributed by atoms with Gasteiger partial charge in [-0.25, -0.2) is 0 Å². The van der Waals surface area contributed by atoms with E-state index in [1.807, 2.05) is 60.7 Å². The highest BCUT2D eigenvalue weighted by Gasteiger charge is 2.26. The molecule has 0 amide bonds. The molecule has 418 valence electrons. The molecule has 0 bridgehead atoms. The molecule has 89 heavy (non-hydrogen) atoms. The van der Waals surface area contributed by atoms with E-state index in [-0.39, 0.29) is 0 Å². The van der Waals surface area contributed by atoms with Crippen molar-refractivity contribution < 1.29 is 8.83 Å². The second-order valence-electron chi connectivity index (χ2n) is 22.4. The third-order valence-corrected chi connectivity index (χ3v) is 17.1. The van der Waals surface area contributed by atoms with Crippen molar-refractivity contribution in [3.63, 3.8) is 0 Å². The molecule has 0 spiro atoms. The van der Waals surface area contributed by atoms with Crippen molar-refractivity contribution in [1.82, 2.24) is 34.6 Å². The Morgan fingerprint density at radius 1 is 0.258 bits per heavy atom. The summed E-state index contributed by atoms with van der Waals surface area (Å²) >= 11 is 0. The molecule has 5 aromatic heterocycles. The number of furan rings is 2. The van der Waals surface area contributed by atoms with Crippen LogP contribution in [0.15, 0.2) is 306 Å². The third kappa shape index (κ3) is 8.36. The quantitative estimate of drug-likeness (QED) is 0.126. The van der Waals surface area contributed by atoms with Crippen molar-refractivity contribution in [2.75, 3.05) is 9.80 Å². The van der Waals surface area contributed by atoms with E-state index >= 15 is 0 Å². The fourth-order valence-corrected chi connectivity index (χ4v) is 13.0. The molecule has 0 aliphatic rings. The van der Waals surface area contributed by atoms with Crippen LogP contribution in [0.25, 0.3) is 127 Å². The first-order chi connectivity index (χ1) is 44.1. The fourth-order valence-electron chi connectivity index (χ4n) is 13.0. The highest BCUT2D eigenvalue weighted by atomic mass is 16.3. The Hall–Kier alpha value is -12.3. The Kier molecular flexibility index (Phi) is 11.3. The third-order valence-electron chi connectivity index (χ3n) is 17.1. The molecular weight excluding hydrogens is 1090 g/mol. The molecule has 13 aromatic carbocycles. The minimum Gasteiger partial charge on any atom is -0.456 e. The summed E-state index contributed by atoms with van der Waals surface area (Å²) in [4.78, 5) is 8.09. The SMILES string of the molecule is c1ccc(N(c2cccc(-n3nc4ccccc4n3)c2)c2cc(-c3ccc4oc5ccccc5c4c3)c3oc4c(-c5ccc6c(c5)c5ccccc5n6-c5ccccc5)cc(N(c5ccccc5)c5cccc(-n6nc7ccccc7n6)c5)cc4c3c2)cc1. The van der Waals surface area contributed by atoms with E-state index < -0.39 is 0 Å². The van der Waals surface area contributed by atoms with Gasteiger partial charge in [0.25, 0.3) is 0 Å². The van der Waals surface area contributed by atoms with Crippen molar-refractivity contribution >= 4 is 122 Å². The van der Waals surface area contributed by atoms with E-state index in [1.165, 1.54) is 0 Å². The number of para-hydroxylation sites is 5. The molecule has 0 radical (unpaired) electrons. The summed E-state index contributed by atoms with van der Waals surface area (Å²) in [6.45, 7) is 0. The number of rotatable bonds is 11. The summed E-state index contributed by atoms with van der Waals surface area (Å²) < 4.78 is 16.5. The van der Waals surface area contributed by atoms with Gasteiger partial charge in [-0.05, 0) is 169 Å². The maximum Gasteiger partial charge on any atom is 0.143 e. The summed E-state index contributed by atoms with van der Waals surface area (Å²) in [6.07, 6.45) is 0. The lowest BCUT2D eigenvalue weighted by atomic mass is 9.96. The number of anilines is 6. The molecule has 0 aliphatic carbocycles. The van der Waals surface area contributed by atoms with Crippen molar-refractivity contribution in [1.29, 1.82) is 0 Å². The molecule has 18 aromatic rings. The predicted molar refractivity (Wildman–Crippen MR) is 360 cm³/mol. The lowest BCUT2D eigenvalue weighted by Gasteiger charge is -2.27. The topological polar surface area (TPSA) is 99.1 Å². The monoisotopic (exact) mass is 1140 g/mol. The van der Waals surface area contributed by atoms with E-state index in [9.17, 15) is 0 Å². The van der Waals surface area contributed by atoms with Crippen LogP contribution in [0, 0.1) is 0 Å². The van der Waals surface area contributed by atoms with Gasteiger partial charge in [-0.15, -0.1) is 20.4 Å². The molecule has 0 atom stereocenters. The number of hydrogen-bond acceptors (Lipinski definition) is 8. The second kappa shape index (κ2) is 20.2. The van der Waals surface area contributed by atoms with Crippen molar-refractivity contribution in [2.24, 2.45) is 0 Å². The Bertz CT molecular complexity index is 5720. The van der Waals surface area contributed by atoms with Crippen LogP contribution in [-0.2, 0) is 0 Å². The van der Waals surface area contributed by atoms with Crippen molar-refractivity contribution in [3.05, 3.63) is 297 Å². The molecule has 0 saturated carbocycles. The van der Waals surface area contributed by atoms with E-state index in [4.69, 9.17) is 29.2 Å². The number of aromatic nitrogens is 7. The van der Waals surface area contributed by atoms with Gasteiger partial charge < -0.3 is 23.2 Å². The van der Waals surface area contributed by atoms with Gasteiger partial charge in [-0.1, -0.05) is 140 Å². The summed E-state index contributed by atoms with van der Waals surface area (Å²) in [5.41, 5.74) is 20.9. The van der Waals surface area contributed by atoms with E-state index in [0.717, 1.165) is 161 Å². The highest BCUT2D eigenvalue weighted by molar-refractivity contribution is 6.18. The van der Waals surface area contributed by atoms with E-state index in [1.54, 1.807) is 9.59 Å². The van der Waals surface area contributed by atoms with Crippen LogP contribution < -0.4 is 9.80 Å². The van der Waals surface area contributed by atoms with Gasteiger partial charge in [0.15, 0.2) is 0 Å². The van der Waals surface area contributed by atoms with Crippen LogP contribution in [0.4, 0.5) is 34.1 Å². The van der Waals surface area contributed by atoms with Crippen molar-refractivity contribution in [2.45, 2.75) is 0 Å². The summed E-state index contributed by atoms with van der Waals surface area (Å²) in [5.74, 6) is 0. The molecule has 0 unspecified atom stereocenters. The average Bonchev–Trinajstić information content (AvgIpc) is 1.67. The van der Waals surface area contributed by atoms with Crippen LogP contribution >= 0.6 is 0 Å². The molecule has 0 N–H and O–H groups in total. The number of nitrogens with zero attached hydrogens (tertiary/aromatic N) is 9. The fraction of sp³-hybridized carbons (Fsp3) is 0. The van der Waals surface area contributed by atoms with Gasteiger partial charge in [0.2, 0.25) is 0 Å². The molecular formula is C78H49N9O2. The zero-order valence-electron chi connectivity index (χ0n) is 47.6. The molecule has 11 heteroatoms. The molecule has 5 heterocycles. The Balaban J connectivity index is 0.930. The zero-order chi connectivity index (χ0) is 58.5. The molecule has 0 saturated heterocycles. The maximum atomic E-state index is 7.68. The van der Waals surface area contributed by atoms with Crippen LogP contribution in [0.5, 0.6) is 0 Å². The zero-order valence-corrected chi connectivity index (χ0v) is 47.6. The standard InChI is InChI=1S/C78H49N9O2/c1-4-20-52(21-5-1)83(55-26-18-28-57(44-55)86-79-69-32-12-13-33-70(69)80-86)59-46-63(50-38-40-74-65(42-50)61-30-10-16-36-73(61)85(74)54-24-8-3-9-25-54)77-67(48-59)68-49-60(47-64(78(68)89-77)51-39-41-76-66(43-51)62-31-11-17-37-75(62)88-76)84(53-22-6-2-7-23-53)56-27-19-29-58(45-56)87-81-71-34-14-15-35-72(71)82-87/h1-49H. The Morgan fingerprint density at radius 2 is 0.685 bits per heavy atom. The van der Waals surface area contributed by atoms with Gasteiger partial charge >= 0.3 is 0 Å². The van der Waals surface area contributed by atoms with Crippen LogP contribution in [-0.4, -0.2) is 34.6 Å². The number of fused-ring (bicyclic) bond motifs is 11. The number of hydrogen-bond donors (Lipinski definition) is 0. The van der Waals surface area contributed by atoms with Gasteiger partial charge in [-0.3, -0.25) is 0 Å². The molecule has 0 aliphatic heterocycles. The maximum absolute atomic E-state index is 7.68. The normalized spacial score (nSPS) is 11.8. The van der Waals surface area contributed by atoms with Crippen LogP contribution in [0.2, 0.25) is 0 Å². The molecule has 18 rings (SSSR count). The predicted octanol–water partition coefficient (Wildman–Crippen LogP) is 20.3. The Labute approximate surface area is 509 Å². The summed E-state index contributed by atoms with van der Waals surface area (Å²) in [5, 5.41) is 25.9. The van der Waals surface area contributed by atoms with E-state index in [0.29, 0.717) is 0 Å². The molecule has 0 fully saturated rings. The lowest BCUT2D eigenvalue weighted by Crippen LogP contribution is -2.11. The van der Waals surface area contributed by atoms with Gasteiger partial charge in [0, 0.05) is 83.3 Å². The minimum absolute atomic E-state index is 0.746. The number of benzene rings is 13. The first-order valence-electron chi connectivity index (χ1n) is 29.7. The highest BCUT2D eigenvalue weighted by Crippen LogP contribution is 2.50. The largest absolute Gasteiger partial charge is 0.456 e. The van der Waals surface area contributed by atoms with Gasteiger partial charge in [0.05, 0.1) is 22.4 Å². The summed E-state index contributed by atoms with van der Waals surface area (Å²) in [6, 6.07) is 104. The van der Waals surface area contributed by atoms with Crippen molar-refractivity contribution in [3.8, 4) is 39.3 Å². The average molecular weight is 1140 g/mol. The first-order valence-corrected chi connectivity index (χ1v) is 29.7. The van der Waals surface area contributed by atoms with Crippen LogP contribution in [0.3, 0.4) is 0 Å². The molecule has 11 nitrogen and oxygen atoms in total. The second-order valence-corrected chi connectivity index (χ2v) is 22.4. The summed E-state index contributed by atoms with van der Waals surface area (Å²) in [7, 11) is 0. The van der Waals surface area contributed by atoms with Gasteiger partial charge in [-0.2, -0.15) is 9.59 Å². The smallest absolute Gasteiger partial charge is 0.143 e. The van der Waals surface area contributed by atoms with E-state index in [2.05, 4.69) is 251 Å². The lowest BCUT2D eigenvalue weighted by molar-refractivity contribution is 0.668. The first kappa shape index (κ1) is 50.0. The minimum atomic E-state index is 0.746. The van der Waals surface area contributed by atoms with Crippen LogP contribution in [0.1, 0.15) is 0 Å². The van der Waals surface area contributed by atoms with Gasteiger partial charge in [0.1, 0.15) is 44.4 Å².